The van der Waals surface area contributed by atoms with Crippen LogP contribution in [0, 0.1) is 24.0 Å². The zero-order valence-corrected chi connectivity index (χ0v) is 29.5. The molecule has 0 aliphatic rings. The molecule has 0 heterocycles. The molecule has 0 saturated carbocycles. The van der Waals surface area contributed by atoms with Crippen LogP contribution < -0.4 is 9.05 Å². The Labute approximate surface area is 260 Å². The number of rotatable bonds is 6. The zero-order valence-electron chi connectivity index (χ0n) is 28.5. The van der Waals surface area contributed by atoms with E-state index < -0.39 is 4.92 Å². The fourth-order valence-electron chi connectivity index (χ4n) is 5.71. The molecule has 0 spiro atoms. The van der Waals surface area contributed by atoms with Gasteiger partial charge in [-0.25, -0.2) is 0 Å². The lowest BCUT2D eigenvalue weighted by atomic mass is 9.72. The van der Waals surface area contributed by atoms with Gasteiger partial charge in [-0.3, -0.25) is 10.1 Å². The van der Waals surface area contributed by atoms with E-state index in [-0.39, 0.29) is 36.4 Å². The standard InChI is InChI=1S/C36H50NO5P/c1-21-25(33(3,4)5)19-27(35(9,10)11)31(38)29(21)30-22(2)26(34(6,7)8)20-28(36(12,13)14)32(30)42-43-41-24-17-15-23(16-18-24)37(39)40/h15-20,38,43H,1-14H3/p+1. The maximum atomic E-state index is 11.1. The fraction of sp³-hybridized carbons (Fsp3) is 0.500. The molecular formula is C36H51NO5P+. The second-order valence-electron chi connectivity index (χ2n) is 15.7. The molecule has 0 aliphatic heterocycles. The van der Waals surface area contributed by atoms with Gasteiger partial charge in [-0.15, -0.1) is 0 Å². The number of hydrogen-bond acceptors (Lipinski definition) is 4. The quantitative estimate of drug-likeness (QED) is 0.121. The highest BCUT2D eigenvalue weighted by atomic mass is 31.1. The third kappa shape index (κ3) is 7.34. The number of benzene rings is 3. The minimum Gasteiger partial charge on any atom is -0.593 e. The van der Waals surface area contributed by atoms with Crippen LogP contribution in [0.25, 0.3) is 11.1 Å². The van der Waals surface area contributed by atoms with Gasteiger partial charge in [-0.05, 0) is 76.0 Å². The monoisotopic (exact) mass is 608 g/mol. The number of hydrogen-bond donors (Lipinski definition) is 0. The van der Waals surface area contributed by atoms with Crippen LogP contribution in [0.3, 0.4) is 0 Å². The molecule has 0 radical (unpaired) electrons. The number of nitrogens with zero attached hydrogens (tertiary/aromatic N) is 1. The maximum Gasteiger partial charge on any atom is 0.275 e. The van der Waals surface area contributed by atoms with Crippen LogP contribution in [0.15, 0.2) is 36.4 Å². The average molecular weight is 609 g/mol. The van der Waals surface area contributed by atoms with Crippen molar-refractivity contribution >= 4 is 14.7 Å². The third-order valence-corrected chi connectivity index (χ3v) is 8.57. The van der Waals surface area contributed by atoms with Crippen molar-refractivity contribution in [2.24, 2.45) is 0 Å². The first-order valence-corrected chi connectivity index (χ1v) is 15.7. The van der Waals surface area contributed by atoms with Gasteiger partial charge in [-0.1, -0.05) is 89.2 Å². The number of non-ortho nitro benzene ring substituents is 1. The summed E-state index contributed by atoms with van der Waals surface area (Å²) >= 11 is 0. The molecule has 7 heteroatoms. The van der Waals surface area contributed by atoms with E-state index in [0.29, 0.717) is 11.5 Å². The molecule has 2 N–H and O–H groups in total. The van der Waals surface area contributed by atoms with Crippen LogP contribution in [0.1, 0.15) is 116 Å². The van der Waals surface area contributed by atoms with Gasteiger partial charge in [0.2, 0.25) is 0 Å². The predicted octanol–water partition coefficient (Wildman–Crippen LogP) is 10.5. The lowest BCUT2D eigenvalue weighted by Crippen LogP contribution is -2.21. The van der Waals surface area contributed by atoms with Crippen molar-refractivity contribution in [1.82, 2.24) is 0 Å². The van der Waals surface area contributed by atoms with Crippen molar-refractivity contribution in [3.8, 4) is 28.4 Å². The minimum absolute atomic E-state index is 0.00846. The van der Waals surface area contributed by atoms with E-state index in [2.05, 4.69) is 109 Å². The lowest BCUT2D eigenvalue weighted by molar-refractivity contribution is -0.384. The van der Waals surface area contributed by atoms with Crippen LogP contribution >= 0.6 is 9.03 Å². The molecule has 234 valence electrons. The van der Waals surface area contributed by atoms with Gasteiger partial charge in [0.15, 0.2) is 0 Å². The Balaban J connectivity index is 2.40. The zero-order chi connectivity index (χ0) is 32.9. The first-order valence-electron chi connectivity index (χ1n) is 14.9. The molecule has 3 aromatic rings. The molecule has 0 amide bonds. The van der Waals surface area contributed by atoms with Crippen molar-refractivity contribution in [3.63, 3.8) is 0 Å². The molecule has 0 fully saturated rings. The van der Waals surface area contributed by atoms with Crippen molar-refractivity contribution in [1.29, 1.82) is 0 Å². The normalized spacial score (nSPS) is 13.1. The Morgan fingerprint density at radius 3 is 1.49 bits per heavy atom. The van der Waals surface area contributed by atoms with E-state index >= 15 is 0 Å². The molecule has 0 aliphatic carbocycles. The van der Waals surface area contributed by atoms with Gasteiger partial charge >= 0.3 is 0 Å². The summed E-state index contributed by atoms with van der Waals surface area (Å²) in [6.45, 7) is 30.7. The minimum atomic E-state index is -0.428. The van der Waals surface area contributed by atoms with E-state index in [4.69, 9.17) is 9.05 Å². The SMILES string of the molecule is Cc1c(C(C)(C)C)cc(C(C)(C)C)c([OH2+])c1-c1c(C)c(C(C)(C)C)cc(C(C)(C)C)c1OPOc1ccc([N+](=O)[O-])cc1. The van der Waals surface area contributed by atoms with Crippen molar-refractivity contribution in [2.75, 3.05) is 0 Å². The van der Waals surface area contributed by atoms with Crippen molar-refractivity contribution < 1.29 is 19.1 Å². The molecule has 43 heavy (non-hydrogen) atoms. The molecule has 0 saturated heterocycles. The number of nitro groups is 1. The van der Waals surface area contributed by atoms with Crippen LogP contribution in [-0.2, 0) is 21.7 Å². The van der Waals surface area contributed by atoms with Gasteiger partial charge in [0, 0.05) is 23.3 Å². The highest BCUT2D eigenvalue weighted by molar-refractivity contribution is 7.27. The Bertz CT molecular complexity index is 1470. The predicted molar refractivity (Wildman–Crippen MR) is 182 cm³/mol. The van der Waals surface area contributed by atoms with Gasteiger partial charge in [0.05, 0.1) is 16.1 Å². The Morgan fingerprint density at radius 2 is 1.07 bits per heavy atom. The summed E-state index contributed by atoms with van der Waals surface area (Å²) in [6, 6.07) is 10.5. The molecule has 3 aromatic carbocycles. The molecular weight excluding hydrogens is 557 g/mol. The Kier molecular flexibility index (Phi) is 9.41. The van der Waals surface area contributed by atoms with E-state index in [0.717, 1.165) is 39.1 Å². The highest BCUT2D eigenvalue weighted by Gasteiger charge is 2.36. The van der Waals surface area contributed by atoms with E-state index in [1.165, 1.54) is 23.3 Å². The van der Waals surface area contributed by atoms with Crippen LogP contribution in [0.4, 0.5) is 5.69 Å². The van der Waals surface area contributed by atoms with Crippen molar-refractivity contribution in [2.45, 2.75) is 119 Å². The van der Waals surface area contributed by atoms with E-state index in [1.54, 1.807) is 12.1 Å². The molecule has 0 aromatic heterocycles. The third-order valence-electron chi connectivity index (χ3n) is 7.96. The van der Waals surface area contributed by atoms with E-state index in [1.807, 2.05) is 0 Å². The van der Waals surface area contributed by atoms with Crippen molar-refractivity contribution in [3.05, 3.63) is 79.9 Å². The summed E-state index contributed by atoms with van der Waals surface area (Å²) in [5.74, 6) is 1.74. The summed E-state index contributed by atoms with van der Waals surface area (Å²) in [4.78, 5) is 10.7. The summed E-state index contributed by atoms with van der Waals surface area (Å²) in [5, 5.41) is 20.8. The highest BCUT2D eigenvalue weighted by Crippen LogP contribution is 2.53. The summed E-state index contributed by atoms with van der Waals surface area (Å²) in [6.07, 6.45) is 0. The second kappa shape index (κ2) is 11.8. The van der Waals surface area contributed by atoms with Crippen LogP contribution in [-0.4, -0.2) is 10.0 Å². The van der Waals surface area contributed by atoms with Crippen LogP contribution in [0.5, 0.6) is 17.2 Å². The number of nitro benzene ring substituents is 1. The Hall–Kier alpha value is -3.11. The molecule has 0 bridgehead atoms. The summed E-state index contributed by atoms with van der Waals surface area (Å²) < 4.78 is 12.6. The first-order chi connectivity index (χ1) is 19.5. The van der Waals surface area contributed by atoms with Gasteiger partial charge < -0.3 is 14.2 Å². The topological polar surface area (TPSA) is 84.5 Å². The molecule has 1 atom stereocenters. The van der Waals surface area contributed by atoms with Crippen LogP contribution in [0.2, 0.25) is 0 Å². The molecule has 6 nitrogen and oxygen atoms in total. The smallest absolute Gasteiger partial charge is 0.275 e. The summed E-state index contributed by atoms with van der Waals surface area (Å²) in [7, 11) is -0.390. The Morgan fingerprint density at radius 1 is 0.651 bits per heavy atom. The maximum absolute atomic E-state index is 11.1. The second-order valence-corrected chi connectivity index (χ2v) is 16.3. The first kappa shape index (κ1) is 34.4. The average Bonchev–Trinajstić information content (AvgIpc) is 2.82. The van der Waals surface area contributed by atoms with E-state index in [9.17, 15) is 15.2 Å². The largest absolute Gasteiger partial charge is 0.593 e. The molecule has 3 rings (SSSR count). The lowest BCUT2D eigenvalue weighted by Gasteiger charge is -2.33. The van der Waals surface area contributed by atoms with Gasteiger partial charge in [-0.2, -0.15) is 0 Å². The fourth-order valence-corrected chi connectivity index (χ4v) is 6.28. The molecule has 1 unspecified atom stereocenters. The van der Waals surface area contributed by atoms with Gasteiger partial charge in [0.25, 0.3) is 20.5 Å². The van der Waals surface area contributed by atoms with Gasteiger partial charge in [0.1, 0.15) is 11.5 Å². The summed E-state index contributed by atoms with van der Waals surface area (Å²) in [5.41, 5.74) is 7.77.